The van der Waals surface area contributed by atoms with Crippen LogP contribution in [0.2, 0.25) is 5.02 Å². The highest BCUT2D eigenvalue weighted by atomic mass is 35.5. The van der Waals surface area contributed by atoms with Crippen LogP contribution in [-0.2, 0) is 9.59 Å². The van der Waals surface area contributed by atoms with Crippen molar-refractivity contribution in [3.05, 3.63) is 87.8 Å². The fourth-order valence-electron chi connectivity index (χ4n) is 3.92. The predicted molar refractivity (Wildman–Crippen MR) is 122 cm³/mol. The first-order valence-electron chi connectivity index (χ1n) is 10.2. The Hall–Kier alpha value is -3.51. The van der Waals surface area contributed by atoms with Gasteiger partial charge in [-0.25, -0.2) is 0 Å². The number of halogens is 1. The van der Waals surface area contributed by atoms with Crippen LogP contribution >= 0.6 is 11.6 Å². The number of hydrogen-bond acceptors (Lipinski definition) is 5. The van der Waals surface area contributed by atoms with Gasteiger partial charge in [-0.15, -0.1) is 0 Å². The van der Waals surface area contributed by atoms with E-state index in [4.69, 9.17) is 20.8 Å². The van der Waals surface area contributed by atoms with E-state index in [-0.39, 0.29) is 11.3 Å². The number of hydrogen-bond donors (Lipinski definition) is 1. The standard InChI is InChI=1S/C25H22ClNO5/c1-4-31-19-11-10-16(13-14(19)2)23(28)21-22(20-9-6-12-32-20)27(25(30)24(21)29)18-8-5-7-17(26)15(18)3/h5-13,22,28H,4H2,1-3H3/b23-21-. The normalized spacial score (nSPS) is 17.8. The molecule has 1 saturated heterocycles. The van der Waals surface area contributed by atoms with E-state index < -0.39 is 17.7 Å². The van der Waals surface area contributed by atoms with Crippen molar-refractivity contribution >= 4 is 34.7 Å². The van der Waals surface area contributed by atoms with Gasteiger partial charge >= 0.3 is 0 Å². The second-order valence-electron chi connectivity index (χ2n) is 7.48. The zero-order valence-electron chi connectivity index (χ0n) is 17.9. The Balaban J connectivity index is 1.91. The van der Waals surface area contributed by atoms with Crippen LogP contribution in [0.5, 0.6) is 5.75 Å². The van der Waals surface area contributed by atoms with E-state index >= 15 is 0 Å². The van der Waals surface area contributed by atoms with Gasteiger partial charge in [-0.3, -0.25) is 14.5 Å². The van der Waals surface area contributed by atoms with Gasteiger partial charge in [-0.1, -0.05) is 17.7 Å². The molecule has 6 nitrogen and oxygen atoms in total. The van der Waals surface area contributed by atoms with E-state index in [0.717, 1.165) is 5.56 Å². The van der Waals surface area contributed by atoms with Gasteiger partial charge in [0.2, 0.25) is 0 Å². The number of aliphatic hydroxyl groups excluding tert-OH is 1. The van der Waals surface area contributed by atoms with Crippen LogP contribution in [0.25, 0.3) is 5.76 Å². The summed E-state index contributed by atoms with van der Waals surface area (Å²) < 4.78 is 11.1. The number of ketones is 1. The fourth-order valence-corrected chi connectivity index (χ4v) is 4.09. The number of rotatable bonds is 5. The number of carbonyl (C=O) groups is 2. The maximum Gasteiger partial charge on any atom is 0.300 e. The minimum absolute atomic E-state index is 0.0483. The van der Waals surface area contributed by atoms with Crippen molar-refractivity contribution < 1.29 is 23.8 Å². The largest absolute Gasteiger partial charge is 0.507 e. The van der Waals surface area contributed by atoms with E-state index in [1.54, 1.807) is 55.5 Å². The van der Waals surface area contributed by atoms with E-state index in [1.165, 1.54) is 11.2 Å². The van der Waals surface area contributed by atoms with E-state index in [0.29, 0.717) is 40.0 Å². The van der Waals surface area contributed by atoms with E-state index in [1.807, 2.05) is 13.8 Å². The lowest BCUT2D eigenvalue weighted by atomic mass is 9.98. The lowest BCUT2D eigenvalue weighted by molar-refractivity contribution is -0.132. The summed E-state index contributed by atoms with van der Waals surface area (Å²) in [6, 6.07) is 12.6. The molecule has 1 aromatic heterocycles. The third kappa shape index (κ3) is 3.56. The van der Waals surface area contributed by atoms with Crippen molar-refractivity contribution in [2.45, 2.75) is 26.8 Å². The van der Waals surface area contributed by atoms with Gasteiger partial charge in [0.1, 0.15) is 23.3 Å². The molecule has 1 unspecified atom stereocenters. The van der Waals surface area contributed by atoms with Crippen LogP contribution in [0, 0.1) is 13.8 Å². The number of nitrogens with zero attached hydrogens (tertiary/aromatic N) is 1. The molecular weight excluding hydrogens is 430 g/mol. The number of furan rings is 1. The van der Waals surface area contributed by atoms with Crippen LogP contribution in [0.15, 0.2) is 64.8 Å². The van der Waals surface area contributed by atoms with Gasteiger partial charge < -0.3 is 14.3 Å². The smallest absolute Gasteiger partial charge is 0.300 e. The highest BCUT2D eigenvalue weighted by molar-refractivity contribution is 6.52. The maximum absolute atomic E-state index is 13.2. The third-order valence-electron chi connectivity index (χ3n) is 5.50. The maximum atomic E-state index is 13.2. The quantitative estimate of drug-likeness (QED) is 0.311. The molecule has 1 atom stereocenters. The minimum Gasteiger partial charge on any atom is -0.507 e. The Morgan fingerprint density at radius 2 is 1.94 bits per heavy atom. The van der Waals surface area contributed by atoms with Crippen LogP contribution in [0.4, 0.5) is 5.69 Å². The number of aliphatic hydroxyl groups is 1. The summed E-state index contributed by atoms with van der Waals surface area (Å²) in [5.74, 6) is -0.803. The lowest BCUT2D eigenvalue weighted by Gasteiger charge is -2.25. The molecule has 1 N–H and O–H groups in total. The van der Waals surface area contributed by atoms with Crippen molar-refractivity contribution in [1.29, 1.82) is 0 Å². The van der Waals surface area contributed by atoms with Gasteiger partial charge in [0.15, 0.2) is 0 Å². The molecule has 32 heavy (non-hydrogen) atoms. The van der Waals surface area contributed by atoms with Crippen molar-refractivity contribution in [1.82, 2.24) is 0 Å². The van der Waals surface area contributed by atoms with Crippen molar-refractivity contribution in [3.63, 3.8) is 0 Å². The Bertz CT molecular complexity index is 1230. The SMILES string of the molecule is CCOc1ccc(/C(O)=C2/C(=O)C(=O)N(c3cccc(Cl)c3C)C2c2ccco2)cc1C. The monoisotopic (exact) mass is 451 g/mol. The number of ether oxygens (including phenoxy) is 1. The summed E-state index contributed by atoms with van der Waals surface area (Å²) >= 11 is 6.28. The molecular formula is C25H22ClNO5. The Labute approximate surface area is 190 Å². The Morgan fingerprint density at radius 3 is 2.59 bits per heavy atom. The number of carbonyl (C=O) groups excluding carboxylic acids is 2. The van der Waals surface area contributed by atoms with Crippen molar-refractivity contribution in [2.75, 3.05) is 11.5 Å². The highest BCUT2D eigenvalue weighted by Crippen LogP contribution is 2.44. The van der Waals surface area contributed by atoms with Crippen LogP contribution in [-0.4, -0.2) is 23.4 Å². The second kappa shape index (κ2) is 8.55. The first-order chi connectivity index (χ1) is 15.3. The molecule has 0 aliphatic carbocycles. The number of benzene rings is 2. The molecule has 0 bridgehead atoms. The third-order valence-corrected chi connectivity index (χ3v) is 5.91. The number of anilines is 1. The Morgan fingerprint density at radius 1 is 1.16 bits per heavy atom. The summed E-state index contributed by atoms with van der Waals surface area (Å²) in [6.07, 6.45) is 1.46. The molecule has 1 aliphatic heterocycles. The first kappa shape index (κ1) is 21.7. The topological polar surface area (TPSA) is 80.0 Å². The first-order valence-corrected chi connectivity index (χ1v) is 10.6. The van der Waals surface area contributed by atoms with Crippen molar-refractivity contribution in [3.8, 4) is 5.75 Å². The van der Waals surface area contributed by atoms with Gasteiger partial charge in [0.25, 0.3) is 11.7 Å². The Kier molecular flexibility index (Phi) is 5.80. The molecule has 0 radical (unpaired) electrons. The van der Waals surface area contributed by atoms with Gasteiger partial charge in [-0.05, 0) is 74.4 Å². The van der Waals surface area contributed by atoms with Gasteiger partial charge in [0.05, 0.1) is 18.4 Å². The predicted octanol–water partition coefficient (Wildman–Crippen LogP) is 5.57. The summed E-state index contributed by atoms with van der Waals surface area (Å²) in [6.45, 7) is 6.01. The number of amides is 1. The van der Waals surface area contributed by atoms with Crippen LogP contribution in [0.3, 0.4) is 0 Å². The molecule has 1 amide bonds. The number of aryl methyl sites for hydroxylation is 1. The summed E-state index contributed by atoms with van der Waals surface area (Å²) in [5, 5.41) is 11.6. The minimum atomic E-state index is -0.936. The molecule has 1 aliphatic rings. The molecule has 1 fully saturated rings. The summed E-state index contributed by atoms with van der Waals surface area (Å²) in [7, 11) is 0. The van der Waals surface area contributed by atoms with Gasteiger partial charge in [0, 0.05) is 16.3 Å². The second-order valence-corrected chi connectivity index (χ2v) is 7.89. The summed E-state index contributed by atoms with van der Waals surface area (Å²) in [5.41, 5.74) is 2.27. The average molecular weight is 452 g/mol. The molecule has 164 valence electrons. The highest BCUT2D eigenvalue weighted by Gasteiger charge is 2.48. The lowest BCUT2D eigenvalue weighted by Crippen LogP contribution is -2.30. The van der Waals surface area contributed by atoms with Crippen LogP contribution < -0.4 is 9.64 Å². The van der Waals surface area contributed by atoms with E-state index in [2.05, 4.69) is 0 Å². The molecule has 3 aromatic rings. The molecule has 2 aromatic carbocycles. The molecule has 0 spiro atoms. The zero-order valence-corrected chi connectivity index (χ0v) is 18.6. The average Bonchev–Trinajstić information content (AvgIpc) is 3.39. The molecule has 4 rings (SSSR count). The fraction of sp³-hybridized carbons (Fsp3) is 0.200. The molecule has 0 saturated carbocycles. The van der Waals surface area contributed by atoms with E-state index in [9.17, 15) is 14.7 Å². The van der Waals surface area contributed by atoms with Crippen LogP contribution in [0.1, 0.15) is 35.4 Å². The summed E-state index contributed by atoms with van der Waals surface area (Å²) in [4.78, 5) is 27.6. The molecule has 7 heteroatoms. The molecule has 2 heterocycles. The number of Topliss-reactive ketones (excluding diaryl/α,β-unsaturated/α-hetero) is 1. The van der Waals surface area contributed by atoms with Crippen molar-refractivity contribution in [2.24, 2.45) is 0 Å². The van der Waals surface area contributed by atoms with Gasteiger partial charge in [-0.2, -0.15) is 0 Å². The zero-order chi connectivity index (χ0) is 23.0.